The minimum atomic E-state index is -0.929. The number of esters is 1. The summed E-state index contributed by atoms with van der Waals surface area (Å²) in [5, 5.41) is 10.4. The Kier molecular flexibility index (Phi) is 8.73. The number of benzene rings is 2. The molecule has 0 spiro atoms. The zero-order chi connectivity index (χ0) is 28.7. The molecule has 0 aliphatic rings. The lowest BCUT2D eigenvalue weighted by atomic mass is 10.1. The maximum Gasteiger partial charge on any atom is 0.347 e. The first-order valence-corrected chi connectivity index (χ1v) is 12.5. The van der Waals surface area contributed by atoms with Gasteiger partial charge in [-0.3, -0.25) is 4.79 Å². The third kappa shape index (κ3) is 7.62. The maximum absolute atomic E-state index is 14.8. The lowest BCUT2D eigenvalue weighted by Crippen LogP contribution is -2.33. The van der Waals surface area contributed by atoms with Crippen molar-refractivity contribution >= 4 is 11.9 Å². The summed E-state index contributed by atoms with van der Waals surface area (Å²) < 4.78 is 36.2. The minimum Gasteiger partial charge on any atom is -0.479 e. The molecule has 0 fully saturated rings. The Morgan fingerprint density at radius 2 is 1.80 bits per heavy atom. The number of pyridine rings is 1. The summed E-state index contributed by atoms with van der Waals surface area (Å²) in [6.45, 7) is 6.64. The number of rotatable bonds is 10. The summed E-state index contributed by atoms with van der Waals surface area (Å²) in [6, 6.07) is 16.8. The van der Waals surface area contributed by atoms with Crippen LogP contribution >= 0.6 is 0 Å². The number of nitrogens with zero attached hydrogens (tertiary/aromatic N) is 3. The second kappa shape index (κ2) is 12.4. The van der Waals surface area contributed by atoms with E-state index in [1.165, 1.54) is 31.3 Å². The molecule has 208 valence electrons. The average molecular weight is 549 g/mol. The maximum atomic E-state index is 14.8. The first kappa shape index (κ1) is 28.2. The van der Waals surface area contributed by atoms with Crippen LogP contribution in [0.25, 0.3) is 0 Å². The summed E-state index contributed by atoms with van der Waals surface area (Å²) in [6.07, 6.45) is 0.942. The Morgan fingerprint density at radius 3 is 2.52 bits per heavy atom. The monoisotopic (exact) mass is 548 g/mol. The van der Waals surface area contributed by atoms with Crippen LogP contribution in [0.1, 0.15) is 54.9 Å². The van der Waals surface area contributed by atoms with Crippen molar-refractivity contribution in [1.82, 2.24) is 20.6 Å². The number of nitrogens with one attached hydrogen (secondary N) is 1. The fourth-order valence-electron chi connectivity index (χ4n) is 3.56. The van der Waals surface area contributed by atoms with Gasteiger partial charge >= 0.3 is 5.97 Å². The highest BCUT2D eigenvalue weighted by Crippen LogP contribution is 2.26. The Labute approximate surface area is 230 Å². The second-order valence-electron chi connectivity index (χ2n) is 9.87. The first-order valence-electron chi connectivity index (χ1n) is 12.5. The Morgan fingerprint density at radius 1 is 1.02 bits per heavy atom. The van der Waals surface area contributed by atoms with Crippen molar-refractivity contribution in [2.24, 2.45) is 0 Å². The van der Waals surface area contributed by atoms with Gasteiger partial charge in [0.1, 0.15) is 22.7 Å². The molecule has 1 atom stereocenters. The van der Waals surface area contributed by atoms with Gasteiger partial charge in [0, 0.05) is 30.8 Å². The highest BCUT2D eigenvalue weighted by Gasteiger charge is 2.24. The predicted octanol–water partition coefficient (Wildman–Crippen LogP) is 5.03. The van der Waals surface area contributed by atoms with Gasteiger partial charge in [-0.15, -0.1) is 0 Å². The molecule has 4 aromatic rings. The fraction of sp³-hybridized carbons (Fsp3) is 0.276. The van der Waals surface area contributed by atoms with Crippen molar-refractivity contribution in [3.8, 4) is 17.5 Å². The SMILES string of the molecule is C[C@@H](Oc1ccc(CNC(=O)c2cccnc2Oc2nonc2Cc2ccccc2)c(F)c1)C(=O)OC(C)(C)C. The molecule has 0 aliphatic heterocycles. The third-order valence-electron chi connectivity index (χ3n) is 5.46. The summed E-state index contributed by atoms with van der Waals surface area (Å²) >= 11 is 0. The lowest BCUT2D eigenvalue weighted by molar-refractivity contribution is -0.162. The Bertz CT molecular complexity index is 1470. The van der Waals surface area contributed by atoms with E-state index in [9.17, 15) is 14.0 Å². The molecule has 11 heteroatoms. The molecule has 0 radical (unpaired) electrons. The van der Waals surface area contributed by atoms with Crippen molar-refractivity contribution in [3.63, 3.8) is 0 Å². The molecule has 0 saturated carbocycles. The van der Waals surface area contributed by atoms with E-state index in [1.54, 1.807) is 26.8 Å². The van der Waals surface area contributed by atoms with Crippen LogP contribution in [0.5, 0.6) is 17.5 Å². The van der Waals surface area contributed by atoms with Crippen LogP contribution in [0.2, 0.25) is 0 Å². The minimum absolute atomic E-state index is 0.00892. The summed E-state index contributed by atoms with van der Waals surface area (Å²) in [5.74, 6) is -1.49. The van der Waals surface area contributed by atoms with Crippen molar-refractivity contribution in [3.05, 3.63) is 95.1 Å². The van der Waals surface area contributed by atoms with Gasteiger partial charge in [0.15, 0.2) is 11.8 Å². The van der Waals surface area contributed by atoms with Crippen LogP contribution in [0, 0.1) is 5.82 Å². The molecule has 0 aliphatic carbocycles. The van der Waals surface area contributed by atoms with Gasteiger partial charge < -0.3 is 19.5 Å². The molecule has 4 rings (SSSR count). The number of carbonyl (C=O) groups is 2. The van der Waals surface area contributed by atoms with Crippen molar-refractivity contribution in [2.75, 3.05) is 0 Å². The normalized spacial score (nSPS) is 11.9. The molecular weight excluding hydrogens is 519 g/mol. The molecule has 0 saturated heterocycles. The van der Waals surface area contributed by atoms with E-state index < -0.39 is 29.4 Å². The van der Waals surface area contributed by atoms with Gasteiger partial charge in [0.2, 0.25) is 5.88 Å². The Balaban J connectivity index is 1.39. The van der Waals surface area contributed by atoms with Crippen molar-refractivity contribution in [1.29, 1.82) is 0 Å². The van der Waals surface area contributed by atoms with Gasteiger partial charge in [-0.05, 0) is 56.6 Å². The van der Waals surface area contributed by atoms with Crippen LogP contribution < -0.4 is 14.8 Å². The van der Waals surface area contributed by atoms with Crippen LogP contribution in [0.3, 0.4) is 0 Å². The summed E-state index contributed by atoms with van der Waals surface area (Å²) in [5.41, 5.74) is 1.07. The summed E-state index contributed by atoms with van der Waals surface area (Å²) in [7, 11) is 0. The molecule has 2 heterocycles. The number of carbonyl (C=O) groups excluding carboxylic acids is 2. The van der Waals surface area contributed by atoms with E-state index in [0.717, 1.165) is 11.6 Å². The molecule has 0 unspecified atom stereocenters. The summed E-state index contributed by atoms with van der Waals surface area (Å²) in [4.78, 5) is 29.3. The smallest absolute Gasteiger partial charge is 0.347 e. The zero-order valence-electron chi connectivity index (χ0n) is 22.5. The quantitative estimate of drug-likeness (QED) is 0.272. The highest BCUT2D eigenvalue weighted by molar-refractivity contribution is 5.96. The standard InChI is InChI=1S/C29H29FN4O6/c1-18(28(36)39-29(2,3)4)37-21-13-12-20(23(30)16-21)17-32-25(35)22-11-8-14-31-26(22)38-27-24(33-40-34-27)15-19-9-6-5-7-10-19/h5-14,16,18H,15,17H2,1-4H3,(H,32,35)/t18-/m1/s1. The fourth-order valence-corrected chi connectivity index (χ4v) is 3.56. The molecule has 1 amide bonds. The van der Waals surface area contributed by atoms with Crippen LogP contribution in [-0.2, 0) is 22.5 Å². The van der Waals surface area contributed by atoms with E-state index >= 15 is 0 Å². The number of amides is 1. The number of hydrogen-bond acceptors (Lipinski definition) is 9. The first-order chi connectivity index (χ1) is 19.1. The third-order valence-corrected chi connectivity index (χ3v) is 5.46. The number of halogens is 1. The number of ether oxygens (including phenoxy) is 3. The number of hydrogen-bond donors (Lipinski definition) is 1. The molecule has 0 bridgehead atoms. The Hall–Kier alpha value is -4.80. The van der Waals surface area contributed by atoms with E-state index in [0.29, 0.717) is 12.1 Å². The van der Waals surface area contributed by atoms with Crippen molar-refractivity contribution < 1.29 is 32.8 Å². The van der Waals surface area contributed by atoms with Gasteiger partial charge in [0.25, 0.3) is 11.8 Å². The largest absolute Gasteiger partial charge is 0.479 e. The lowest BCUT2D eigenvalue weighted by Gasteiger charge is -2.22. The molecule has 1 N–H and O–H groups in total. The van der Waals surface area contributed by atoms with E-state index in [4.69, 9.17) is 18.8 Å². The van der Waals surface area contributed by atoms with E-state index in [2.05, 4.69) is 20.6 Å². The van der Waals surface area contributed by atoms with Gasteiger partial charge in [0.05, 0.1) is 0 Å². The van der Waals surface area contributed by atoms with Gasteiger partial charge in [-0.25, -0.2) is 18.8 Å². The molecule has 40 heavy (non-hydrogen) atoms. The molecule has 2 aromatic heterocycles. The average Bonchev–Trinajstić information content (AvgIpc) is 3.34. The molecule has 10 nitrogen and oxygen atoms in total. The zero-order valence-corrected chi connectivity index (χ0v) is 22.5. The highest BCUT2D eigenvalue weighted by atomic mass is 19.1. The topological polar surface area (TPSA) is 126 Å². The van der Waals surface area contributed by atoms with Crippen molar-refractivity contribution in [2.45, 2.75) is 52.4 Å². The van der Waals surface area contributed by atoms with Crippen LogP contribution in [0.4, 0.5) is 4.39 Å². The van der Waals surface area contributed by atoms with E-state index in [1.807, 2.05) is 30.3 Å². The number of aromatic nitrogens is 3. The van der Waals surface area contributed by atoms with Gasteiger partial charge in [-0.1, -0.05) is 41.6 Å². The molecule has 2 aromatic carbocycles. The molecular formula is C29H29FN4O6. The predicted molar refractivity (Wildman–Crippen MR) is 141 cm³/mol. The van der Waals surface area contributed by atoms with Crippen LogP contribution in [0.15, 0.2) is 71.5 Å². The van der Waals surface area contributed by atoms with Crippen LogP contribution in [-0.4, -0.2) is 38.9 Å². The second-order valence-corrected chi connectivity index (χ2v) is 9.87. The van der Waals surface area contributed by atoms with Gasteiger partial charge in [-0.2, -0.15) is 0 Å². The van der Waals surface area contributed by atoms with E-state index in [-0.39, 0.29) is 35.2 Å².